The van der Waals surface area contributed by atoms with E-state index in [1.54, 1.807) is 11.3 Å². The van der Waals surface area contributed by atoms with E-state index in [9.17, 15) is 0 Å². The van der Waals surface area contributed by atoms with Crippen LogP contribution in [-0.4, -0.2) is 30.6 Å². The van der Waals surface area contributed by atoms with Crippen LogP contribution < -0.4 is 10.6 Å². The third kappa shape index (κ3) is 7.23. The highest BCUT2D eigenvalue weighted by Gasteiger charge is 2.01. The number of aryl methyl sites for hydroxylation is 1. The predicted molar refractivity (Wildman–Crippen MR) is 105 cm³/mol. The Labute approximate surface area is 154 Å². The Balaban J connectivity index is 1.83. The lowest BCUT2D eigenvalue weighted by Gasteiger charge is -2.10. The molecule has 0 fully saturated rings. The van der Waals surface area contributed by atoms with Gasteiger partial charge in [-0.1, -0.05) is 24.3 Å². The minimum atomic E-state index is 0.653. The summed E-state index contributed by atoms with van der Waals surface area (Å²) in [6.07, 6.45) is 2.84. The van der Waals surface area contributed by atoms with Crippen LogP contribution in [0.5, 0.6) is 0 Å². The van der Waals surface area contributed by atoms with Gasteiger partial charge in [-0.05, 0) is 31.9 Å². The van der Waals surface area contributed by atoms with Crippen molar-refractivity contribution in [2.45, 2.75) is 40.3 Å². The molecular formula is C19H28N4OS. The Morgan fingerprint density at radius 1 is 1.16 bits per heavy atom. The molecule has 2 N–H and O–H groups in total. The average Bonchev–Trinajstić information content (AvgIpc) is 3.04. The minimum Gasteiger partial charge on any atom is -0.377 e. The topological polar surface area (TPSA) is 58.5 Å². The van der Waals surface area contributed by atoms with Crippen LogP contribution in [0.1, 0.15) is 34.9 Å². The molecule has 1 aromatic heterocycles. The molecular weight excluding hydrogens is 332 g/mol. The fraction of sp³-hybridized carbons (Fsp3) is 0.474. The Hall–Kier alpha value is -1.92. The van der Waals surface area contributed by atoms with Gasteiger partial charge >= 0.3 is 0 Å². The molecule has 0 bridgehead atoms. The molecule has 0 spiro atoms. The number of hydrogen-bond donors (Lipinski definition) is 2. The Morgan fingerprint density at radius 2 is 1.92 bits per heavy atom. The summed E-state index contributed by atoms with van der Waals surface area (Å²) in [4.78, 5) is 10.3. The molecule has 0 saturated carbocycles. The molecule has 1 aromatic carbocycles. The molecule has 136 valence electrons. The Bertz CT molecular complexity index is 652. The summed E-state index contributed by atoms with van der Waals surface area (Å²) in [5, 5.41) is 7.82. The van der Waals surface area contributed by atoms with Gasteiger partial charge in [0.25, 0.3) is 0 Å². The summed E-state index contributed by atoms with van der Waals surface area (Å²) < 4.78 is 5.42. The zero-order valence-electron chi connectivity index (χ0n) is 15.3. The summed E-state index contributed by atoms with van der Waals surface area (Å²) in [6.45, 7) is 9.89. The molecule has 0 radical (unpaired) electrons. The number of hydrogen-bond acceptors (Lipinski definition) is 4. The van der Waals surface area contributed by atoms with Gasteiger partial charge in [0.05, 0.1) is 18.2 Å². The number of aliphatic imine (C=N–C) groups is 1. The molecule has 6 heteroatoms. The van der Waals surface area contributed by atoms with Crippen LogP contribution in [0.15, 0.2) is 35.5 Å². The van der Waals surface area contributed by atoms with E-state index in [2.05, 4.69) is 58.7 Å². The zero-order chi connectivity index (χ0) is 17.9. The van der Waals surface area contributed by atoms with E-state index in [1.165, 1.54) is 16.0 Å². The van der Waals surface area contributed by atoms with Crippen molar-refractivity contribution >= 4 is 17.3 Å². The minimum absolute atomic E-state index is 0.653. The highest BCUT2D eigenvalue weighted by Crippen LogP contribution is 2.11. The molecule has 0 atom stereocenters. The van der Waals surface area contributed by atoms with Crippen molar-refractivity contribution in [3.05, 3.63) is 51.5 Å². The first-order valence-electron chi connectivity index (χ1n) is 8.80. The van der Waals surface area contributed by atoms with E-state index >= 15 is 0 Å². The number of nitrogens with zero attached hydrogens (tertiary/aromatic N) is 2. The van der Waals surface area contributed by atoms with Crippen molar-refractivity contribution in [1.29, 1.82) is 0 Å². The van der Waals surface area contributed by atoms with Crippen LogP contribution in [0.25, 0.3) is 0 Å². The second-order valence-corrected chi connectivity index (χ2v) is 7.01. The number of thiazole rings is 1. The number of guanidine groups is 1. The maximum absolute atomic E-state index is 5.42. The summed E-state index contributed by atoms with van der Waals surface area (Å²) in [6, 6.07) is 8.43. The molecule has 1 heterocycles. The van der Waals surface area contributed by atoms with Crippen LogP contribution >= 0.6 is 11.3 Å². The first kappa shape index (κ1) is 19.4. The predicted octanol–water partition coefficient (Wildman–Crippen LogP) is 3.29. The van der Waals surface area contributed by atoms with E-state index in [0.717, 1.165) is 37.1 Å². The van der Waals surface area contributed by atoms with Gasteiger partial charge < -0.3 is 15.4 Å². The molecule has 5 nitrogen and oxygen atoms in total. The molecule has 0 amide bonds. The van der Waals surface area contributed by atoms with E-state index in [1.807, 2.05) is 13.1 Å². The van der Waals surface area contributed by atoms with E-state index < -0.39 is 0 Å². The average molecular weight is 361 g/mol. The molecule has 0 aliphatic rings. The smallest absolute Gasteiger partial charge is 0.191 e. The van der Waals surface area contributed by atoms with Crippen LogP contribution in [0.4, 0.5) is 0 Å². The fourth-order valence-electron chi connectivity index (χ4n) is 2.28. The normalized spacial score (nSPS) is 11.6. The van der Waals surface area contributed by atoms with Crippen LogP contribution in [0.2, 0.25) is 0 Å². The molecule has 0 unspecified atom stereocenters. The third-order valence-corrected chi connectivity index (χ3v) is 4.53. The van der Waals surface area contributed by atoms with Gasteiger partial charge in [-0.25, -0.2) is 9.98 Å². The standard InChI is InChI=1S/C19H28N4OS/c1-4-20-19(21-11-10-18-22-12-15(3)25-18)23-13-16-6-8-17(9-7-16)14-24-5-2/h6-9,12H,4-5,10-11,13-14H2,1-3H3,(H2,20,21,23). The lowest BCUT2D eigenvalue weighted by atomic mass is 10.1. The Morgan fingerprint density at radius 3 is 2.56 bits per heavy atom. The molecule has 2 rings (SSSR count). The quantitative estimate of drug-likeness (QED) is 0.532. The summed E-state index contributed by atoms with van der Waals surface area (Å²) >= 11 is 1.75. The van der Waals surface area contributed by atoms with Crippen molar-refractivity contribution in [1.82, 2.24) is 15.6 Å². The van der Waals surface area contributed by atoms with Gasteiger partial charge in [0.15, 0.2) is 5.96 Å². The number of ether oxygens (including phenoxy) is 1. The van der Waals surface area contributed by atoms with Gasteiger partial charge in [-0.3, -0.25) is 0 Å². The maximum atomic E-state index is 5.42. The lowest BCUT2D eigenvalue weighted by Crippen LogP contribution is -2.38. The lowest BCUT2D eigenvalue weighted by molar-refractivity contribution is 0.134. The molecule has 0 aliphatic carbocycles. The van der Waals surface area contributed by atoms with Crippen LogP contribution in [0.3, 0.4) is 0 Å². The fourth-order valence-corrected chi connectivity index (χ4v) is 3.06. The van der Waals surface area contributed by atoms with Crippen molar-refractivity contribution < 1.29 is 4.74 Å². The van der Waals surface area contributed by atoms with Gasteiger partial charge in [0.2, 0.25) is 0 Å². The molecule has 0 saturated heterocycles. The first-order valence-corrected chi connectivity index (χ1v) is 9.62. The second-order valence-electron chi connectivity index (χ2n) is 5.69. The van der Waals surface area contributed by atoms with Crippen LogP contribution in [0, 0.1) is 6.92 Å². The SMILES string of the molecule is CCNC(=NCc1ccc(COCC)cc1)NCCc1ncc(C)s1. The third-order valence-electron chi connectivity index (χ3n) is 3.56. The number of nitrogens with one attached hydrogen (secondary N) is 2. The van der Waals surface area contributed by atoms with Crippen molar-refractivity contribution in [2.24, 2.45) is 4.99 Å². The number of rotatable bonds is 9. The summed E-state index contributed by atoms with van der Waals surface area (Å²) in [7, 11) is 0. The van der Waals surface area contributed by atoms with Gasteiger partial charge in [0, 0.05) is 37.2 Å². The van der Waals surface area contributed by atoms with E-state index in [4.69, 9.17) is 4.74 Å². The largest absolute Gasteiger partial charge is 0.377 e. The van der Waals surface area contributed by atoms with Gasteiger partial charge in [0.1, 0.15) is 0 Å². The Kier molecular flexibility index (Phi) is 8.42. The number of benzene rings is 1. The second kappa shape index (κ2) is 10.8. The molecule has 2 aromatic rings. The van der Waals surface area contributed by atoms with Gasteiger partial charge in [-0.2, -0.15) is 0 Å². The monoisotopic (exact) mass is 360 g/mol. The van der Waals surface area contributed by atoms with E-state index in [0.29, 0.717) is 13.2 Å². The number of aromatic nitrogens is 1. The highest BCUT2D eigenvalue weighted by atomic mass is 32.1. The van der Waals surface area contributed by atoms with Crippen LogP contribution in [-0.2, 0) is 24.3 Å². The zero-order valence-corrected chi connectivity index (χ0v) is 16.2. The van der Waals surface area contributed by atoms with Crippen molar-refractivity contribution in [3.8, 4) is 0 Å². The molecule has 25 heavy (non-hydrogen) atoms. The first-order chi connectivity index (χ1) is 12.2. The summed E-state index contributed by atoms with van der Waals surface area (Å²) in [5.41, 5.74) is 2.38. The van der Waals surface area contributed by atoms with Gasteiger partial charge in [-0.15, -0.1) is 11.3 Å². The summed E-state index contributed by atoms with van der Waals surface area (Å²) in [5.74, 6) is 0.842. The highest BCUT2D eigenvalue weighted by molar-refractivity contribution is 7.11. The van der Waals surface area contributed by atoms with E-state index in [-0.39, 0.29) is 0 Å². The molecule has 0 aliphatic heterocycles. The van der Waals surface area contributed by atoms with Crippen molar-refractivity contribution in [3.63, 3.8) is 0 Å². The van der Waals surface area contributed by atoms with Crippen molar-refractivity contribution in [2.75, 3.05) is 19.7 Å². The maximum Gasteiger partial charge on any atom is 0.191 e.